The fraction of sp³-hybridized carbons (Fsp3) is 0.267. The second kappa shape index (κ2) is 6.13. The van der Waals surface area contributed by atoms with Gasteiger partial charge in [0.25, 0.3) is 0 Å². The Kier molecular flexibility index (Phi) is 4.49. The molecule has 2 rings (SSSR count). The summed E-state index contributed by atoms with van der Waals surface area (Å²) < 4.78 is 0.987. The van der Waals surface area contributed by atoms with Crippen LogP contribution in [0, 0.1) is 13.8 Å². The summed E-state index contributed by atoms with van der Waals surface area (Å²) in [5.74, 6) is -0.267. The predicted molar refractivity (Wildman–Crippen MR) is 80.6 cm³/mol. The van der Waals surface area contributed by atoms with E-state index in [0.29, 0.717) is 12.2 Å². The third-order valence-corrected chi connectivity index (χ3v) is 3.43. The van der Waals surface area contributed by atoms with Gasteiger partial charge in [-0.2, -0.15) is 0 Å². The van der Waals surface area contributed by atoms with Gasteiger partial charge < -0.3 is 5.11 Å². The van der Waals surface area contributed by atoms with Crippen molar-refractivity contribution in [2.75, 3.05) is 0 Å². The summed E-state index contributed by atoms with van der Waals surface area (Å²) in [5, 5.41) is 8.75. The van der Waals surface area contributed by atoms with Gasteiger partial charge in [0.1, 0.15) is 5.82 Å². The highest BCUT2D eigenvalue weighted by Crippen LogP contribution is 2.26. The van der Waals surface area contributed by atoms with Gasteiger partial charge in [-0.1, -0.05) is 22.0 Å². The maximum Gasteiger partial charge on any atom is 0.303 e. The van der Waals surface area contributed by atoms with Crippen LogP contribution in [0.5, 0.6) is 0 Å². The molecule has 2 aromatic rings. The van der Waals surface area contributed by atoms with Crippen molar-refractivity contribution >= 4 is 21.9 Å². The normalized spacial score (nSPS) is 10.6. The van der Waals surface area contributed by atoms with Crippen LogP contribution < -0.4 is 0 Å². The molecule has 4 nitrogen and oxygen atoms in total. The first-order chi connectivity index (χ1) is 9.45. The number of nitrogens with zero attached hydrogens (tertiary/aromatic N) is 2. The minimum absolute atomic E-state index is 0.0420. The summed E-state index contributed by atoms with van der Waals surface area (Å²) in [4.78, 5) is 19.4. The molecule has 0 amide bonds. The summed E-state index contributed by atoms with van der Waals surface area (Å²) in [6.07, 6.45) is 0.386. The minimum atomic E-state index is -0.838. The SMILES string of the molecule is Cc1cc(-c2cc(Br)ccc2C)nc(CCC(=O)O)n1. The average Bonchev–Trinajstić information content (AvgIpc) is 2.38. The van der Waals surface area contributed by atoms with Gasteiger partial charge in [0.05, 0.1) is 12.1 Å². The lowest BCUT2D eigenvalue weighted by Gasteiger charge is -2.09. The number of halogens is 1. The molecular weight excluding hydrogens is 320 g/mol. The first-order valence-corrected chi connectivity index (χ1v) is 7.08. The number of carbonyl (C=O) groups is 1. The molecule has 0 atom stereocenters. The van der Waals surface area contributed by atoms with Crippen molar-refractivity contribution in [2.45, 2.75) is 26.7 Å². The van der Waals surface area contributed by atoms with Crippen molar-refractivity contribution in [3.8, 4) is 11.3 Å². The van der Waals surface area contributed by atoms with Crippen molar-refractivity contribution in [2.24, 2.45) is 0 Å². The lowest BCUT2D eigenvalue weighted by Crippen LogP contribution is -2.04. The third-order valence-electron chi connectivity index (χ3n) is 2.94. The average molecular weight is 335 g/mol. The van der Waals surface area contributed by atoms with E-state index < -0.39 is 5.97 Å². The first kappa shape index (κ1) is 14.7. The van der Waals surface area contributed by atoms with Gasteiger partial charge in [0.15, 0.2) is 0 Å². The van der Waals surface area contributed by atoms with Gasteiger partial charge >= 0.3 is 5.97 Å². The number of rotatable bonds is 4. The van der Waals surface area contributed by atoms with Gasteiger partial charge in [0.2, 0.25) is 0 Å². The molecule has 0 aliphatic heterocycles. The first-order valence-electron chi connectivity index (χ1n) is 6.28. The molecule has 1 N–H and O–H groups in total. The van der Waals surface area contributed by atoms with Gasteiger partial charge in [-0.15, -0.1) is 0 Å². The van der Waals surface area contributed by atoms with E-state index in [4.69, 9.17) is 5.11 Å². The number of aryl methyl sites for hydroxylation is 3. The quantitative estimate of drug-likeness (QED) is 0.928. The van der Waals surface area contributed by atoms with Gasteiger partial charge in [-0.05, 0) is 37.6 Å². The molecule has 0 saturated heterocycles. The van der Waals surface area contributed by atoms with E-state index in [1.54, 1.807) is 0 Å². The molecule has 0 bridgehead atoms. The van der Waals surface area contributed by atoms with Crippen LogP contribution in [0.15, 0.2) is 28.7 Å². The number of carboxylic acid groups (broad SMARTS) is 1. The zero-order valence-electron chi connectivity index (χ0n) is 11.4. The zero-order chi connectivity index (χ0) is 14.7. The Hall–Kier alpha value is -1.75. The van der Waals surface area contributed by atoms with E-state index in [-0.39, 0.29) is 6.42 Å². The molecule has 0 aliphatic rings. The van der Waals surface area contributed by atoms with Crippen LogP contribution in [0.4, 0.5) is 0 Å². The Labute approximate surface area is 126 Å². The largest absolute Gasteiger partial charge is 0.481 e. The lowest BCUT2D eigenvalue weighted by molar-refractivity contribution is -0.137. The van der Waals surface area contributed by atoms with Crippen LogP contribution in [0.2, 0.25) is 0 Å². The summed E-state index contributed by atoms with van der Waals surface area (Å²) >= 11 is 3.46. The van der Waals surface area contributed by atoms with Gasteiger partial charge in [-0.3, -0.25) is 4.79 Å². The number of aromatic nitrogens is 2. The topological polar surface area (TPSA) is 63.1 Å². The van der Waals surface area contributed by atoms with Crippen LogP contribution in [0.1, 0.15) is 23.5 Å². The van der Waals surface area contributed by atoms with Crippen molar-refractivity contribution in [3.63, 3.8) is 0 Å². The van der Waals surface area contributed by atoms with Crippen LogP contribution in [-0.4, -0.2) is 21.0 Å². The van der Waals surface area contributed by atoms with E-state index in [0.717, 1.165) is 27.0 Å². The smallest absolute Gasteiger partial charge is 0.303 e. The molecule has 0 fully saturated rings. The van der Waals surface area contributed by atoms with Gasteiger partial charge in [-0.25, -0.2) is 9.97 Å². The summed E-state index contributed by atoms with van der Waals surface area (Å²) in [6, 6.07) is 7.93. The summed E-state index contributed by atoms with van der Waals surface area (Å²) in [7, 11) is 0. The molecule has 0 saturated carbocycles. The fourth-order valence-electron chi connectivity index (χ4n) is 1.97. The standard InChI is InChI=1S/C15H15BrN2O2/c1-9-3-4-11(16)8-12(9)13-7-10(2)17-14(18-13)5-6-15(19)20/h3-4,7-8H,5-6H2,1-2H3,(H,19,20). The Morgan fingerprint density at radius 3 is 2.70 bits per heavy atom. The van der Waals surface area contributed by atoms with Crippen molar-refractivity contribution in [3.05, 3.63) is 45.8 Å². The molecule has 0 unspecified atom stereocenters. The second-order valence-electron chi connectivity index (χ2n) is 4.66. The molecule has 1 aromatic carbocycles. The Bertz CT molecular complexity index is 656. The van der Waals surface area contributed by atoms with Crippen LogP contribution in [0.25, 0.3) is 11.3 Å². The highest BCUT2D eigenvalue weighted by atomic mass is 79.9. The van der Waals surface area contributed by atoms with E-state index in [1.165, 1.54) is 0 Å². The molecule has 104 valence electrons. The molecular formula is C15H15BrN2O2. The second-order valence-corrected chi connectivity index (χ2v) is 5.58. The monoisotopic (exact) mass is 334 g/mol. The molecule has 0 spiro atoms. The van der Waals surface area contributed by atoms with Crippen LogP contribution >= 0.6 is 15.9 Å². The van der Waals surface area contributed by atoms with E-state index in [2.05, 4.69) is 25.9 Å². The Morgan fingerprint density at radius 1 is 1.25 bits per heavy atom. The number of carboxylic acids is 1. The maximum absolute atomic E-state index is 10.6. The molecule has 5 heteroatoms. The number of hydrogen-bond acceptors (Lipinski definition) is 3. The molecule has 20 heavy (non-hydrogen) atoms. The lowest BCUT2D eigenvalue weighted by atomic mass is 10.1. The third kappa shape index (κ3) is 3.63. The number of hydrogen-bond donors (Lipinski definition) is 1. The number of benzene rings is 1. The summed E-state index contributed by atoms with van der Waals surface area (Å²) in [6.45, 7) is 3.92. The van der Waals surface area contributed by atoms with E-state index >= 15 is 0 Å². The molecule has 1 aromatic heterocycles. The fourth-order valence-corrected chi connectivity index (χ4v) is 2.33. The van der Waals surface area contributed by atoms with E-state index in [9.17, 15) is 4.79 Å². The van der Waals surface area contributed by atoms with Crippen LogP contribution in [0.3, 0.4) is 0 Å². The molecule has 0 radical (unpaired) electrons. The van der Waals surface area contributed by atoms with Crippen molar-refractivity contribution < 1.29 is 9.90 Å². The minimum Gasteiger partial charge on any atom is -0.481 e. The molecule has 1 heterocycles. The molecule has 0 aliphatic carbocycles. The summed E-state index contributed by atoms with van der Waals surface area (Å²) in [5.41, 5.74) is 3.82. The number of aliphatic carboxylic acids is 1. The highest BCUT2D eigenvalue weighted by Gasteiger charge is 2.09. The maximum atomic E-state index is 10.6. The van der Waals surface area contributed by atoms with Crippen molar-refractivity contribution in [1.29, 1.82) is 0 Å². The Morgan fingerprint density at radius 2 is 2.00 bits per heavy atom. The van der Waals surface area contributed by atoms with Crippen LogP contribution in [-0.2, 0) is 11.2 Å². The predicted octanol–water partition coefficient (Wildman–Crippen LogP) is 3.54. The highest BCUT2D eigenvalue weighted by molar-refractivity contribution is 9.10. The zero-order valence-corrected chi connectivity index (χ0v) is 12.9. The van der Waals surface area contributed by atoms with Crippen molar-refractivity contribution in [1.82, 2.24) is 9.97 Å². The van der Waals surface area contributed by atoms with Gasteiger partial charge in [0, 0.05) is 22.2 Å². The Balaban J connectivity index is 2.41. The van der Waals surface area contributed by atoms with E-state index in [1.807, 2.05) is 38.1 Å².